The largest absolute Gasteiger partial charge is 0.399 e. The summed E-state index contributed by atoms with van der Waals surface area (Å²) in [4.78, 5) is 0. The molecular formula is C9H12N. The van der Waals surface area contributed by atoms with Crippen LogP contribution in [0.3, 0.4) is 0 Å². The van der Waals surface area contributed by atoms with Gasteiger partial charge >= 0.3 is 0 Å². The molecular weight excluding hydrogens is 122 g/mol. The van der Waals surface area contributed by atoms with Crippen LogP contribution >= 0.6 is 0 Å². The van der Waals surface area contributed by atoms with E-state index < -0.39 is 0 Å². The van der Waals surface area contributed by atoms with Crippen molar-refractivity contribution in [2.24, 2.45) is 0 Å². The molecule has 0 unspecified atom stereocenters. The summed E-state index contributed by atoms with van der Waals surface area (Å²) in [5, 5.41) is 0. The molecule has 0 bridgehead atoms. The fourth-order valence-electron chi connectivity index (χ4n) is 1.000. The van der Waals surface area contributed by atoms with Gasteiger partial charge in [-0.3, -0.25) is 0 Å². The molecule has 0 amide bonds. The first kappa shape index (κ1) is 7.13. The van der Waals surface area contributed by atoms with Gasteiger partial charge in [-0.2, -0.15) is 0 Å². The zero-order valence-corrected chi connectivity index (χ0v) is 6.22. The number of hydrogen-bond donors (Lipinski definition) is 1. The number of benzene rings is 1. The summed E-state index contributed by atoms with van der Waals surface area (Å²) in [7, 11) is 0. The smallest absolute Gasteiger partial charge is 0.0316 e. The molecule has 0 spiro atoms. The summed E-state index contributed by atoms with van der Waals surface area (Å²) < 4.78 is 0. The summed E-state index contributed by atoms with van der Waals surface area (Å²) in [6, 6.07) is 5.91. The van der Waals surface area contributed by atoms with E-state index >= 15 is 0 Å². The molecule has 0 heterocycles. The monoisotopic (exact) mass is 134 g/mol. The number of anilines is 1. The first-order valence-electron chi connectivity index (χ1n) is 3.38. The fourth-order valence-corrected chi connectivity index (χ4v) is 1.000. The van der Waals surface area contributed by atoms with Gasteiger partial charge in [0.15, 0.2) is 0 Å². The summed E-state index contributed by atoms with van der Waals surface area (Å²) in [6.07, 6.45) is 0.839. The molecule has 0 aliphatic heterocycles. The molecule has 0 atom stereocenters. The van der Waals surface area contributed by atoms with Crippen LogP contribution in [0.1, 0.15) is 11.1 Å². The molecule has 1 aromatic carbocycles. The van der Waals surface area contributed by atoms with E-state index in [1.807, 2.05) is 18.2 Å². The predicted molar refractivity (Wildman–Crippen MR) is 44.7 cm³/mol. The van der Waals surface area contributed by atoms with Gasteiger partial charge in [-0.1, -0.05) is 6.07 Å². The number of hydrogen-bond acceptors (Lipinski definition) is 1. The van der Waals surface area contributed by atoms with E-state index in [1.165, 1.54) is 11.1 Å². The first-order valence-corrected chi connectivity index (χ1v) is 3.38. The van der Waals surface area contributed by atoms with E-state index in [4.69, 9.17) is 5.73 Å². The Kier molecular flexibility index (Phi) is 1.95. The van der Waals surface area contributed by atoms with Crippen LogP contribution in [0.5, 0.6) is 0 Å². The van der Waals surface area contributed by atoms with Crippen molar-refractivity contribution in [1.82, 2.24) is 0 Å². The van der Waals surface area contributed by atoms with Gasteiger partial charge in [0, 0.05) is 5.69 Å². The number of aryl methyl sites for hydroxylation is 1. The van der Waals surface area contributed by atoms with E-state index in [1.54, 1.807) is 0 Å². The van der Waals surface area contributed by atoms with Gasteiger partial charge in [0.25, 0.3) is 0 Å². The molecule has 1 heteroatoms. The second kappa shape index (κ2) is 2.74. The van der Waals surface area contributed by atoms with Gasteiger partial charge in [-0.05, 0) is 43.5 Å². The third kappa shape index (κ3) is 1.29. The summed E-state index contributed by atoms with van der Waals surface area (Å²) >= 11 is 0. The van der Waals surface area contributed by atoms with Crippen molar-refractivity contribution in [1.29, 1.82) is 0 Å². The molecule has 0 aliphatic rings. The lowest BCUT2D eigenvalue weighted by Gasteiger charge is -2.01. The van der Waals surface area contributed by atoms with Gasteiger partial charge in [0.2, 0.25) is 0 Å². The van der Waals surface area contributed by atoms with Crippen molar-refractivity contribution in [3.8, 4) is 0 Å². The lowest BCUT2D eigenvalue weighted by atomic mass is 10.1. The minimum Gasteiger partial charge on any atom is -0.399 e. The fraction of sp³-hybridized carbons (Fsp3) is 0.222. The summed E-state index contributed by atoms with van der Waals surface area (Å²) in [6.45, 7) is 5.86. The van der Waals surface area contributed by atoms with Crippen molar-refractivity contribution < 1.29 is 0 Å². The Balaban J connectivity index is 3.07. The third-order valence-corrected chi connectivity index (χ3v) is 1.64. The second-order valence-corrected chi connectivity index (χ2v) is 2.44. The Labute approximate surface area is 61.9 Å². The van der Waals surface area contributed by atoms with Crippen LogP contribution in [0.25, 0.3) is 0 Å². The molecule has 0 fully saturated rings. The summed E-state index contributed by atoms with van der Waals surface area (Å²) in [5.74, 6) is 0. The highest BCUT2D eigenvalue weighted by Gasteiger charge is 1.93. The molecule has 2 N–H and O–H groups in total. The Morgan fingerprint density at radius 2 is 2.20 bits per heavy atom. The minimum absolute atomic E-state index is 0.828. The molecule has 1 nitrogen and oxygen atoms in total. The normalized spacial score (nSPS) is 9.80. The average Bonchev–Trinajstić information content (AvgIpc) is 1.88. The average molecular weight is 134 g/mol. The summed E-state index contributed by atoms with van der Waals surface area (Å²) in [5.41, 5.74) is 8.89. The molecule has 0 aliphatic carbocycles. The van der Waals surface area contributed by atoms with Crippen LogP contribution in [0.4, 0.5) is 5.69 Å². The molecule has 0 saturated carbocycles. The number of rotatable bonds is 1. The second-order valence-electron chi connectivity index (χ2n) is 2.44. The van der Waals surface area contributed by atoms with Crippen LogP contribution in [0, 0.1) is 13.8 Å². The van der Waals surface area contributed by atoms with E-state index in [9.17, 15) is 0 Å². The highest BCUT2D eigenvalue weighted by Crippen LogP contribution is 2.11. The van der Waals surface area contributed by atoms with Crippen molar-refractivity contribution >= 4 is 5.69 Å². The lowest BCUT2D eigenvalue weighted by molar-refractivity contribution is 1.21. The zero-order valence-electron chi connectivity index (χ0n) is 6.22. The van der Waals surface area contributed by atoms with Crippen LogP contribution in [-0.2, 0) is 6.42 Å². The number of nitrogens with two attached hydrogens (primary N) is 1. The molecule has 0 aromatic heterocycles. The minimum atomic E-state index is 0.828. The van der Waals surface area contributed by atoms with E-state index in [0.29, 0.717) is 0 Å². The van der Waals surface area contributed by atoms with Crippen LogP contribution in [0.2, 0.25) is 0 Å². The van der Waals surface area contributed by atoms with E-state index in [2.05, 4.69) is 13.8 Å². The maximum atomic E-state index is 5.56. The predicted octanol–water partition coefficient (Wildman–Crippen LogP) is 1.95. The lowest BCUT2D eigenvalue weighted by Crippen LogP contribution is -1.89. The highest BCUT2D eigenvalue weighted by atomic mass is 14.5. The quantitative estimate of drug-likeness (QED) is 0.584. The topological polar surface area (TPSA) is 26.0 Å². The molecule has 1 radical (unpaired) electrons. The molecule has 1 aromatic rings. The van der Waals surface area contributed by atoms with Crippen molar-refractivity contribution in [2.45, 2.75) is 13.3 Å². The van der Waals surface area contributed by atoms with Crippen LogP contribution < -0.4 is 5.73 Å². The molecule has 10 heavy (non-hydrogen) atoms. The Morgan fingerprint density at radius 1 is 1.50 bits per heavy atom. The molecule has 53 valence electrons. The van der Waals surface area contributed by atoms with Gasteiger partial charge in [-0.15, -0.1) is 0 Å². The Morgan fingerprint density at radius 3 is 2.70 bits per heavy atom. The molecule has 0 saturated heterocycles. The third-order valence-electron chi connectivity index (χ3n) is 1.64. The SMILES string of the molecule is [CH2]Cc1ccc(N)cc1C. The van der Waals surface area contributed by atoms with Crippen molar-refractivity contribution in [3.63, 3.8) is 0 Å². The van der Waals surface area contributed by atoms with Crippen molar-refractivity contribution in [3.05, 3.63) is 36.2 Å². The maximum absolute atomic E-state index is 5.56. The van der Waals surface area contributed by atoms with Crippen molar-refractivity contribution in [2.75, 3.05) is 5.73 Å². The van der Waals surface area contributed by atoms with Crippen LogP contribution in [0.15, 0.2) is 18.2 Å². The van der Waals surface area contributed by atoms with Gasteiger partial charge in [-0.25, -0.2) is 0 Å². The van der Waals surface area contributed by atoms with Gasteiger partial charge in [0.1, 0.15) is 0 Å². The Bertz CT molecular complexity index is 228. The standard InChI is InChI=1S/C9H12N/c1-3-8-4-5-9(10)6-7(8)2/h4-6H,1,3,10H2,2H3. The Hall–Kier alpha value is -0.980. The van der Waals surface area contributed by atoms with Crippen LogP contribution in [-0.4, -0.2) is 0 Å². The first-order chi connectivity index (χ1) is 4.74. The molecule has 1 rings (SSSR count). The van der Waals surface area contributed by atoms with E-state index in [0.717, 1.165) is 12.1 Å². The van der Waals surface area contributed by atoms with Gasteiger partial charge < -0.3 is 5.73 Å². The zero-order chi connectivity index (χ0) is 7.56. The highest BCUT2D eigenvalue weighted by molar-refractivity contribution is 5.44. The van der Waals surface area contributed by atoms with E-state index in [-0.39, 0.29) is 0 Å². The van der Waals surface area contributed by atoms with Gasteiger partial charge in [0.05, 0.1) is 0 Å². The maximum Gasteiger partial charge on any atom is 0.0316 e. The number of nitrogen functional groups attached to an aromatic ring is 1.